The van der Waals surface area contributed by atoms with E-state index in [0.29, 0.717) is 13.0 Å². The summed E-state index contributed by atoms with van der Waals surface area (Å²) >= 11 is 0. The molecule has 1 saturated heterocycles. The van der Waals surface area contributed by atoms with Crippen LogP contribution in [0, 0.1) is 5.92 Å². The van der Waals surface area contributed by atoms with Crippen molar-refractivity contribution < 1.29 is 14.7 Å². The van der Waals surface area contributed by atoms with Gasteiger partial charge in [-0.05, 0) is 37.0 Å². The molecule has 1 aromatic carbocycles. The lowest BCUT2D eigenvalue weighted by molar-refractivity contribution is -0.143. The molecule has 0 aliphatic carbocycles. The van der Waals surface area contributed by atoms with Crippen LogP contribution in [0.25, 0.3) is 0 Å². The monoisotopic (exact) mass is 276 g/mol. The number of aryl methyl sites for hydroxylation is 1. The smallest absolute Gasteiger partial charge is 0.321 e. The molecule has 0 bridgehead atoms. The number of piperidine rings is 1. The predicted octanol–water partition coefficient (Wildman–Crippen LogP) is 2.58. The first-order chi connectivity index (χ1) is 9.60. The Labute approximate surface area is 118 Å². The Morgan fingerprint density at radius 2 is 2.25 bits per heavy atom. The summed E-state index contributed by atoms with van der Waals surface area (Å²) in [4.78, 5) is 24.7. The number of rotatable bonds is 3. The molecule has 1 atom stereocenters. The lowest BCUT2D eigenvalue weighted by atomic mass is 9.99. The van der Waals surface area contributed by atoms with Crippen molar-refractivity contribution in [1.82, 2.24) is 4.90 Å². The molecule has 1 heterocycles. The van der Waals surface area contributed by atoms with Gasteiger partial charge in [-0.2, -0.15) is 0 Å². The van der Waals surface area contributed by atoms with E-state index in [1.165, 1.54) is 0 Å². The van der Waals surface area contributed by atoms with E-state index in [2.05, 4.69) is 12.2 Å². The van der Waals surface area contributed by atoms with Crippen molar-refractivity contribution in [3.8, 4) is 0 Å². The van der Waals surface area contributed by atoms with E-state index < -0.39 is 11.9 Å². The first kappa shape index (κ1) is 14.4. The van der Waals surface area contributed by atoms with E-state index in [1.807, 2.05) is 24.3 Å². The standard InChI is InChI=1S/C15H20N2O3/c1-2-11-5-3-7-13(9-11)16-15(20)17-8-4-6-12(10-17)14(18)19/h3,5,7,9,12H,2,4,6,8,10H2,1H3,(H,16,20)(H,18,19). The third-order valence-corrected chi connectivity index (χ3v) is 3.64. The number of nitrogens with one attached hydrogen (secondary N) is 1. The molecule has 2 N–H and O–H groups in total. The lowest BCUT2D eigenvalue weighted by Gasteiger charge is -2.30. The van der Waals surface area contributed by atoms with Crippen LogP contribution in [-0.2, 0) is 11.2 Å². The Hall–Kier alpha value is -2.04. The molecule has 5 nitrogen and oxygen atoms in total. The fourth-order valence-electron chi connectivity index (χ4n) is 2.43. The van der Waals surface area contributed by atoms with E-state index in [4.69, 9.17) is 5.11 Å². The molecule has 1 aromatic rings. The topological polar surface area (TPSA) is 69.6 Å². The van der Waals surface area contributed by atoms with Gasteiger partial charge in [0, 0.05) is 18.8 Å². The summed E-state index contributed by atoms with van der Waals surface area (Å²) < 4.78 is 0. The van der Waals surface area contributed by atoms with Gasteiger partial charge in [-0.1, -0.05) is 19.1 Å². The molecule has 108 valence electrons. The van der Waals surface area contributed by atoms with Crippen LogP contribution >= 0.6 is 0 Å². The molecule has 5 heteroatoms. The minimum atomic E-state index is -0.824. The number of aliphatic carboxylic acids is 1. The summed E-state index contributed by atoms with van der Waals surface area (Å²) in [5, 5.41) is 11.9. The number of carboxylic acid groups (broad SMARTS) is 1. The number of nitrogens with zero attached hydrogens (tertiary/aromatic N) is 1. The number of benzene rings is 1. The van der Waals surface area contributed by atoms with E-state index in [0.717, 1.165) is 24.1 Å². The van der Waals surface area contributed by atoms with Gasteiger partial charge in [-0.15, -0.1) is 0 Å². The average molecular weight is 276 g/mol. The summed E-state index contributed by atoms with van der Waals surface area (Å²) in [7, 11) is 0. The van der Waals surface area contributed by atoms with Crippen molar-refractivity contribution in [2.24, 2.45) is 5.92 Å². The third kappa shape index (κ3) is 3.50. The van der Waals surface area contributed by atoms with E-state index in [1.54, 1.807) is 4.90 Å². The van der Waals surface area contributed by atoms with Crippen molar-refractivity contribution >= 4 is 17.7 Å². The summed E-state index contributed by atoms with van der Waals surface area (Å²) in [6.45, 7) is 2.96. The van der Waals surface area contributed by atoms with Crippen LogP contribution in [0.5, 0.6) is 0 Å². The first-order valence-electron chi connectivity index (χ1n) is 6.98. The Morgan fingerprint density at radius 3 is 2.95 bits per heavy atom. The number of carbonyl (C=O) groups excluding carboxylic acids is 1. The van der Waals surface area contributed by atoms with Gasteiger partial charge in [0.15, 0.2) is 0 Å². The second-order valence-corrected chi connectivity index (χ2v) is 5.11. The molecular formula is C15H20N2O3. The van der Waals surface area contributed by atoms with Crippen molar-refractivity contribution in [2.45, 2.75) is 26.2 Å². The van der Waals surface area contributed by atoms with Crippen molar-refractivity contribution in [3.63, 3.8) is 0 Å². The summed E-state index contributed by atoms with van der Waals surface area (Å²) in [5.74, 6) is -1.27. The average Bonchev–Trinajstić information content (AvgIpc) is 2.47. The van der Waals surface area contributed by atoms with E-state index >= 15 is 0 Å². The van der Waals surface area contributed by atoms with Gasteiger partial charge in [0.1, 0.15) is 0 Å². The molecule has 2 amide bonds. The molecule has 20 heavy (non-hydrogen) atoms. The summed E-state index contributed by atoms with van der Waals surface area (Å²) in [6.07, 6.45) is 2.29. The van der Waals surface area contributed by atoms with Crippen LogP contribution in [0.4, 0.5) is 10.5 Å². The predicted molar refractivity (Wildman–Crippen MR) is 76.8 cm³/mol. The number of amides is 2. The molecular weight excluding hydrogens is 256 g/mol. The highest BCUT2D eigenvalue weighted by Gasteiger charge is 2.28. The van der Waals surface area contributed by atoms with Gasteiger partial charge >= 0.3 is 12.0 Å². The van der Waals surface area contributed by atoms with Crippen LogP contribution in [0.1, 0.15) is 25.3 Å². The fourth-order valence-corrected chi connectivity index (χ4v) is 2.43. The second-order valence-electron chi connectivity index (χ2n) is 5.11. The van der Waals surface area contributed by atoms with Gasteiger partial charge in [0.2, 0.25) is 0 Å². The lowest BCUT2D eigenvalue weighted by Crippen LogP contribution is -2.44. The van der Waals surface area contributed by atoms with Crippen molar-refractivity contribution in [1.29, 1.82) is 0 Å². The van der Waals surface area contributed by atoms with Gasteiger partial charge in [-0.25, -0.2) is 4.79 Å². The number of carbonyl (C=O) groups is 2. The fraction of sp³-hybridized carbons (Fsp3) is 0.467. The maximum absolute atomic E-state index is 12.2. The van der Waals surface area contributed by atoms with Crippen molar-refractivity contribution in [2.75, 3.05) is 18.4 Å². The molecule has 0 aromatic heterocycles. The zero-order valence-electron chi connectivity index (χ0n) is 11.6. The molecule has 1 unspecified atom stereocenters. The van der Waals surface area contributed by atoms with Crippen LogP contribution in [0.15, 0.2) is 24.3 Å². The maximum atomic E-state index is 12.2. The summed E-state index contributed by atoms with van der Waals surface area (Å²) in [6, 6.07) is 7.48. The number of anilines is 1. The van der Waals surface area contributed by atoms with Gasteiger partial charge in [0.05, 0.1) is 5.92 Å². The third-order valence-electron chi connectivity index (χ3n) is 3.64. The zero-order valence-corrected chi connectivity index (χ0v) is 11.6. The zero-order chi connectivity index (χ0) is 14.5. The second kappa shape index (κ2) is 6.41. The highest BCUT2D eigenvalue weighted by molar-refractivity contribution is 5.89. The minimum Gasteiger partial charge on any atom is -0.481 e. The highest BCUT2D eigenvalue weighted by atomic mass is 16.4. The largest absolute Gasteiger partial charge is 0.481 e. The van der Waals surface area contributed by atoms with Crippen LogP contribution in [-0.4, -0.2) is 35.1 Å². The molecule has 1 aliphatic heterocycles. The SMILES string of the molecule is CCc1cccc(NC(=O)N2CCCC(C(=O)O)C2)c1. The Balaban J connectivity index is 1.98. The molecule has 0 saturated carbocycles. The number of likely N-dealkylation sites (tertiary alicyclic amines) is 1. The van der Waals surface area contributed by atoms with Crippen LogP contribution in [0.2, 0.25) is 0 Å². The minimum absolute atomic E-state index is 0.218. The van der Waals surface area contributed by atoms with Crippen molar-refractivity contribution in [3.05, 3.63) is 29.8 Å². The summed E-state index contributed by atoms with van der Waals surface area (Å²) in [5.41, 5.74) is 1.91. The molecule has 1 fully saturated rings. The number of carboxylic acids is 1. The van der Waals surface area contributed by atoms with Crippen LogP contribution < -0.4 is 5.32 Å². The quantitative estimate of drug-likeness (QED) is 0.891. The Morgan fingerprint density at radius 1 is 1.45 bits per heavy atom. The Bertz CT molecular complexity index is 502. The first-order valence-corrected chi connectivity index (χ1v) is 6.98. The molecule has 0 radical (unpaired) electrons. The number of urea groups is 1. The van der Waals surface area contributed by atoms with Gasteiger partial charge in [-0.3, -0.25) is 4.79 Å². The number of hydrogen-bond acceptors (Lipinski definition) is 2. The number of hydrogen-bond donors (Lipinski definition) is 2. The van der Waals surface area contributed by atoms with Gasteiger partial charge < -0.3 is 15.3 Å². The Kier molecular flexibility index (Phi) is 4.61. The molecule has 0 spiro atoms. The molecule has 2 rings (SSSR count). The highest BCUT2D eigenvalue weighted by Crippen LogP contribution is 2.18. The van der Waals surface area contributed by atoms with Gasteiger partial charge in [0.25, 0.3) is 0 Å². The van der Waals surface area contributed by atoms with E-state index in [-0.39, 0.29) is 12.6 Å². The van der Waals surface area contributed by atoms with E-state index in [9.17, 15) is 9.59 Å². The normalized spacial score (nSPS) is 18.6. The maximum Gasteiger partial charge on any atom is 0.321 e. The molecule has 1 aliphatic rings. The van der Waals surface area contributed by atoms with Crippen LogP contribution in [0.3, 0.4) is 0 Å².